The molecule has 1 aliphatic heterocycles. The van der Waals surface area contributed by atoms with E-state index in [0.717, 1.165) is 12.5 Å². The molecule has 0 radical (unpaired) electrons. The van der Waals surface area contributed by atoms with Gasteiger partial charge in [0.05, 0.1) is 0 Å². The Morgan fingerprint density at radius 2 is 2.11 bits per heavy atom. The van der Waals surface area contributed by atoms with E-state index in [2.05, 4.69) is 42.2 Å². The predicted octanol–water partition coefficient (Wildman–Crippen LogP) is 3.59. The molecule has 1 fully saturated rings. The minimum atomic E-state index is 0.603. The highest BCUT2D eigenvalue weighted by Crippen LogP contribution is 2.31. The number of hydrogen-bond donors (Lipinski definition) is 1. The van der Waals surface area contributed by atoms with Gasteiger partial charge in [-0.25, -0.2) is 0 Å². The van der Waals surface area contributed by atoms with E-state index in [9.17, 15) is 0 Å². The first-order chi connectivity index (χ1) is 9.35. The fourth-order valence-electron chi connectivity index (χ4n) is 3.36. The van der Waals surface area contributed by atoms with Gasteiger partial charge in [0.25, 0.3) is 0 Å². The van der Waals surface area contributed by atoms with E-state index in [1.54, 1.807) is 0 Å². The van der Waals surface area contributed by atoms with E-state index in [1.165, 1.54) is 50.8 Å². The van der Waals surface area contributed by atoms with Gasteiger partial charge in [0, 0.05) is 12.6 Å². The second kappa shape index (κ2) is 7.66. The van der Waals surface area contributed by atoms with E-state index >= 15 is 0 Å². The van der Waals surface area contributed by atoms with Crippen LogP contribution < -0.4 is 5.73 Å². The molecule has 0 saturated carbocycles. The van der Waals surface area contributed by atoms with Crippen molar-refractivity contribution in [3.63, 3.8) is 0 Å². The van der Waals surface area contributed by atoms with Gasteiger partial charge in [0.15, 0.2) is 0 Å². The summed E-state index contributed by atoms with van der Waals surface area (Å²) >= 11 is 0. The van der Waals surface area contributed by atoms with Gasteiger partial charge in [-0.2, -0.15) is 0 Å². The molecular weight excluding hydrogens is 232 g/mol. The summed E-state index contributed by atoms with van der Waals surface area (Å²) in [6.45, 7) is 5.61. The van der Waals surface area contributed by atoms with E-state index in [4.69, 9.17) is 5.73 Å². The maximum atomic E-state index is 5.73. The summed E-state index contributed by atoms with van der Waals surface area (Å²) < 4.78 is 0. The lowest BCUT2D eigenvalue weighted by Gasteiger charge is -2.38. The van der Waals surface area contributed by atoms with E-state index in [-0.39, 0.29) is 0 Å². The molecule has 2 unspecified atom stereocenters. The number of likely N-dealkylation sites (tertiary alicyclic amines) is 1. The molecule has 0 amide bonds. The second-order valence-electron chi connectivity index (χ2n) is 5.80. The molecule has 1 heterocycles. The van der Waals surface area contributed by atoms with Crippen molar-refractivity contribution < 1.29 is 0 Å². The normalized spacial score (nSPS) is 22.3. The van der Waals surface area contributed by atoms with Crippen LogP contribution in [-0.2, 0) is 0 Å². The molecule has 0 bridgehead atoms. The van der Waals surface area contributed by atoms with Gasteiger partial charge in [0.1, 0.15) is 0 Å². The summed E-state index contributed by atoms with van der Waals surface area (Å²) in [5, 5.41) is 0. The standard InChI is InChI=1S/C17H28N2/c1-2-7-17(16-9-4-3-5-10-16)19-13-6-8-15(14-19)11-12-18/h3-5,9-10,15,17H,2,6-8,11-14,18H2,1H3. The molecule has 2 N–H and O–H groups in total. The largest absolute Gasteiger partial charge is 0.330 e. The smallest absolute Gasteiger partial charge is 0.0348 e. The van der Waals surface area contributed by atoms with Crippen molar-refractivity contribution in [1.29, 1.82) is 0 Å². The molecule has 2 heteroatoms. The topological polar surface area (TPSA) is 29.3 Å². The minimum absolute atomic E-state index is 0.603. The molecule has 19 heavy (non-hydrogen) atoms. The van der Waals surface area contributed by atoms with Gasteiger partial charge in [-0.1, -0.05) is 43.7 Å². The third-order valence-electron chi connectivity index (χ3n) is 4.31. The zero-order valence-electron chi connectivity index (χ0n) is 12.2. The zero-order valence-corrected chi connectivity index (χ0v) is 12.2. The summed E-state index contributed by atoms with van der Waals surface area (Å²) in [6.07, 6.45) is 6.39. The van der Waals surface area contributed by atoms with Crippen LogP contribution >= 0.6 is 0 Å². The van der Waals surface area contributed by atoms with Crippen LogP contribution in [0.2, 0.25) is 0 Å². The lowest BCUT2D eigenvalue weighted by Crippen LogP contribution is -2.38. The van der Waals surface area contributed by atoms with Crippen LogP contribution in [-0.4, -0.2) is 24.5 Å². The number of piperidine rings is 1. The average Bonchev–Trinajstić information content (AvgIpc) is 2.46. The van der Waals surface area contributed by atoms with E-state index < -0.39 is 0 Å². The van der Waals surface area contributed by atoms with Crippen LogP contribution in [0.5, 0.6) is 0 Å². The Morgan fingerprint density at radius 1 is 1.32 bits per heavy atom. The first-order valence-electron chi connectivity index (χ1n) is 7.84. The van der Waals surface area contributed by atoms with Crippen LogP contribution in [0.4, 0.5) is 0 Å². The summed E-state index contributed by atoms with van der Waals surface area (Å²) in [5.41, 5.74) is 7.22. The number of nitrogens with two attached hydrogens (primary N) is 1. The Hall–Kier alpha value is -0.860. The van der Waals surface area contributed by atoms with Gasteiger partial charge in [-0.3, -0.25) is 4.90 Å². The molecule has 0 aromatic heterocycles. The third kappa shape index (κ3) is 4.05. The highest BCUT2D eigenvalue weighted by molar-refractivity contribution is 5.19. The minimum Gasteiger partial charge on any atom is -0.330 e. The van der Waals surface area contributed by atoms with Crippen molar-refractivity contribution in [3.8, 4) is 0 Å². The summed E-state index contributed by atoms with van der Waals surface area (Å²) in [5.74, 6) is 0.807. The quantitative estimate of drug-likeness (QED) is 0.847. The molecule has 0 spiro atoms. The molecular formula is C17H28N2. The molecule has 1 aromatic carbocycles. The summed E-state index contributed by atoms with van der Waals surface area (Å²) in [7, 11) is 0. The number of rotatable bonds is 6. The van der Waals surface area contributed by atoms with Gasteiger partial charge in [-0.15, -0.1) is 0 Å². The average molecular weight is 260 g/mol. The molecule has 1 aromatic rings. The highest BCUT2D eigenvalue weighted by Gasteiger charge is 2.25. The van der Waals surface area contributed by atoms with Gasteiger partial charge >= 0.3 is 0 Å². The molecule has 0 aliphatic carbocycles. The van der Waals surface area contributed by atoms with Crippen molar-refractivity contribution in [3.05, 3.63) is 35.9 Å². The molecule has 2 atom stereocenters. The SMILES string of the molecule is CCCC(c1ccccc1)N1CCCC(CCN)C1. The third-order valence-corrected chi connectivity index (χ3v) is 4.31. The second-order valence-corrected chi connectivity index (χ2v) is 5.80. The van der Waals surface area contributed by atoms with E-state index in [0.29, 0.717) is 6.04 Å². The van der Waals surface area contributed by atoms with Gasteiger partial charge < -0.3 is 5.73 Å². The Balaban J connectivity index is 2.06. The Labute approximate surface area is 118 Å². The summed E-state index contributed by atoms with van der Waals surface area (Å²) in [6, 6.07) is 11.6. The maximum absolute atomic E-state index is 5.73. The van der Waals surface area contributed by atoms with Crippen LogP contribution in [0.15, 0.2) is 30.3 Å². The van der Waals surface area contributed by atoms with Crippen LogP contribution in [0.1, 0.15) is 50.6 Å². The Kier molecular flexibility index (Phi) is 5.87. The van der Waals surface area contributed by atoms with E-state index in [1.807, 2.05) is 0 Å². The van der Waals surface area contributed by atoms with Crippen LogP contribution in [0, 0.1) is 5.92 Å². The van der Waals surface area contributed by atoms with Gasteiger partial charge in [-0.05, 0) is 50.3 Å². The molecule has 2 rings (SSSR count). The van der Waals surface area contributed by atoms with Crippen molar-refractivity contribution in [2.45, 2.75) is 45.1 Å². The molecule has 1 saturated heterocycles. The number of hydrogen-bond acceptors (Lipinski definition) is 2. The number of nitrogens with zero attached hydrogens (tertiary/aromatic N) is 1. The molecule has 2 nitrogen and oxygen atoms in total. The van der Waals surface area contributed by atoms with Crippen molar-refractivity contribution in [2.75, 3.05) is 19.6 Å². The van der Waals surface area contributed by atoms with Crippen LogP contribution in [0.25, 0.3) is 0 Å². The molecule has 106 valence electrons. The monoisotopic (exact) mass is 260 g/mol. The first-order valence-corrected chi connectivity index (χ1v) is 7.84. The summed E-state index contributed by atoms with van der Waals surface area (Å²) in [4.78, 5) is 2.70. The van der Waals surface area contributed by atoms with Crippen molar-refractivity contribution in [2.24, 2.45) is 11.7 Å². The lowest BCUT2D eigenvalue weighted by molar-refractivity contribution is 0.113. The predicted molar refractivity (Wildman–Crippen MR) is 82.1 cm³/mol. The number of benzene rings is 1. The van der Waals surface area contributed by atoms with Gasteiger partial charge in [0.2, 0.25) is 0 Å². The lowest BCUT2D eigenvalue weighted by atomic mass is 9.91. The highest BCUT2D eigenvalue weighted by atomic mass is 15.2. The van der Waals surface area contributed by atoms with Crippen LogP contribution in [0.3, 0.4) is 0 Å². The fraction of sp³-hybridized carbons (Fsp3) is 0.647. The zero-order chi connectivity index (χ0) is 13.5. The van der Waals surface area contributed by atoms with Crippen molar-refractivity contribution >= 4 is 0 Å². The van der Waals surface area contributed by atoms with Crippen molar-refractivity contribution in [1.82, 2.24) is 4.90 Å². The Morgan fingerprint density at radius 3 is 2.79 bits per heavy atom. The Bertz CT molecular complexity index is 348. The molecule has 1 aliphatic rings. The first kappa shape index (κ1) is 14.5. The maximum Gasteiger partial charge on any atom is 0.0348 e. The fourth-order valence-corrected chi connectivity index (χ4v) is 3.36.